The molecule has 0 radical (unpaired) electrons. The minimum Gasteiger partial charge on any atom is -0.481 e. The Morgan fingerprint density at radius 2 is 1.85 bits per heavy atom. The van der Waals surface area contributed by atoms with Crippen LogP contribution >= 0.6 is 0 Å². The largest absolute Gasteiger partial charge is 0.481 e. The summed E-state index contributed by atoms with van der Waals surface area (Å²) in [5.74, 6) is -1.94. The third kappa shape index (κ3) is 7.21. The zero-order valence-corrected chi connectivity index (χ0v) is 23.3. The number of fused-ring (bicyclic) bond motifs is 5. The number of hydrogen-bond donors (Lipinski definition) is 6. The van der Waals surface area contributed by atoms with E-state index in [9.17, 15) is 19.2 Å². The van der Waals surface area contributed by atoms with E-state index < -0.39 is 36.9 Å². The number of nitrogens with one attached hydrogen (secondary N) is 3. The van der Waals surface area contributed by atoms with Crippen LogP contribution in [0.2, 0.25) is 5.82 Å². The molecule has 3 unspecified atom stereocenters. The van der Waals surface area contributed by atoms with Crippen molar-refractivity contribution >= 4 is 36.8 Å². The Morgan fingerprint density at radius 1 is 1.13 bits per heavy atom. The summed E-state index contributed by atoms with van der Waals surface area (Å²) in [4.78, 5) is 51.4. The van der Waals surface area contributed by atoms with E-state index >= 15 is 0 Å². The van der Waals surface area contributed by atoms with Gasteiger partial charge in [0, 0.05) is 32.3 Å². The third-order valence-electron chi connectivity index (χ3n) is 8.63. The molecule has 1 saturated heterocycles. The van der Waals surface area contributed by atoms with Crippen LogP contribution in [0.1, 0.15) is 66.2 Å². The van der Waals surface area contributed by atoms with Crippen molar-refractivity contribution in [3.05, 3.63) is 0 Å². The van der Waals surface area contributed by atoms with E-state index in [2.05, 4.69) is 41.7 Å². The number of aliphatic imine (C=N–C) groups is 1. The number of aliphatic carboxylic acids is 1. The normalized spacial score (nSPS) is 27.8. The van der Waals surface area contributed by atoms with Crippen LogP contribution in [-0.4, -0.2) is 79.3 Å². The van der Waals surface area contributed by atoms with Crippen LogP contribution in [-0.2, 0) is 28.5 Å². The summed E-state index contributed by atoms with van der Waals surface area (Å²) in [6.45, 7) is 8.33. The molecular weight excluding hydrogens is 507 g/mol. The van der Waals surface area contributed by atoms with Gasteiger partial charge in [-0.3, -0.25) is 24.2 Å². The summed E-state index contributed by atoms with van der Waals surface area (Å²) in [5, 5.41) is 16.6. The molecule has 39 heavy (non-hydrogen) atoms. The summed E-state index contributed by atoms with van der Waals surface area (Å²) < 4.78 is 13.1. The number of amides is 3. The van der Waals surface area contributed by atoms with Crippen molar-refractivity contribution in [1.82, 2.24) is 16.0 Å². The molecule has 218 valence electrons. The molecule has 1 heterocycles. The number of nitrogens with zero attached hydrogens (tertiary/aromatic N) is 1. The van der Waals surface area contributed by atoms with Crippen molar-refractivity contribution in [2.45, 2.75) is 89.8 Å². The third-order valence-corrected chi connectivity index (χ3v) is 8.63. The van der Waals surface area contributed by atoms with Crippen molar-refractivity contribution in [3.63, 3.8) is 0 Å². The first kappa shape index (κ1) is 30.7. The minimum atomic E-state index is -1.09. The van der Waals surface area contributed by atoms with Gasteiger partial charge >= 0.3 is 13.1 Å². The van der Waals surface area contributed by atoms with Crippen LogP contribution in [0, 0.1) is 17.3 Å². The summed E-state index contributed by atoms with van der Waals surface area (Å²) in [6, 6.07) is -1.05. The number of carboxylic acid groups (broad SMARTS) is 1. The van der Waals surface area contributed by atoms with E-state index in [1.807, 2.05) is 0 Å². The molecule has 3 fully saturated rings. The van der Waals surface area contributed by atoms with Gasteiger partial charge in [-0.05, 0) is 56.3 Å². The van der Waals surface area contributed by atoms with E-state index in [1.165, 1.54) is 6.92 Å². The average Bonchev–Trinajstić information content (AvgIpc) is 3.40. The predicted octanol–water partition coefficient (Wildman–Crippen LogP) is -0.260. The van der Waals surface area contributed by atoms with E-state index in [0.717, 1.165) is 12.8 Å². The zero-order chi connectivity index (χ0) is 29.0. The summed E-state index contributed by atoms with van der Waals surface area (Å²) in [5.41, 5.74) is 10.7. The predicted molar refractivity (Wildman–Crippen MR) is 144 cm³/mol. The van der Waals surface area contributed by atoms with Crippen LogP contribution in [0.5, 0.6) is 0 Å². The van der Waals surface area contributed by atoms with Crippen molar-refractivity contribution in [3.8, 4) is 0 Å². The summed E-state index contributed by atoms with van der Waals surface area (Å²) in [6.07, 6.45) is 3.16. The molecule has 13 nitrogen and oxygen atoms in total. The van der Waals surface area contributed by atoms with E-state index in [4.69, 9.17) is 25.9 Å². The summed E-state index contributed by atoms with van der Waals surface area (Å²) >= 11 is 0. The van der Waals surface area contributed by atoms with Gasteiger partial charge in [0.1, 0.15) is 6.04 Å². The Labute approximate surface area is 229 Å². The van der Waals surface area contributed by atoms with Crippen molar-refractivity contribution in [2.24, 2.45) is 33.7 Å². The second kappa shape index (κ2) is 12.5. The van der Waals surface area contributed by atoms with Crippen molar-refractivity contribution in [1.29, 1.82) is 0 Å². The van der Waals surface area contributed by atoms with Crippen LogP contribution in [0.4, 0.5) is 0 Å². The highest BCUT2D eigenvalue weighted by Crippen LogP contribution is 2.66. The van der Waals surface area contributed by atoms with Crippen LogP contribution in [0.15, 0.2) is 4.99 Å². The molecule has 3 aliphatic rings. The monoisotopic (exact) mass is 550 g/mol. The molecule has 0 aromatic rings. The van der Waals surface area contributed by atoms with E-state index in [0.29, 0.717) is 31.2 Å². The molecule has 0 aromatic carbocycles. The topological polar surface area (TPSA) is 207 Å². The van der Waals surface area contributed by atoms with Gasteiger partial charge in [-0.25, -0.2) is 0 Å². The first-order valence-electron chi connectivity index (χ1n) is 13.7. The zero-order valence-electron chi connectivity index (χ0n) is 23.3. The smallest absolute Gasteiger partial charge is 0.462 e. The SMILES string of the molecule is CC(=O)N[C@@H](CCC(=O)O)C(=O)NCC(=O)NC[C@@H](CCCN=C(N)N)B1OC2C3CCC(C3(C)C)[C@]2(C)O1. The molecule has 1 aliphatic heterocycles. The fourth-order valence-corrected chi connectivity index (χ4v) is 6.80. The molecule has 0 spiro atoms. The maximum absolute atomic E-state index is 12.6. The number of carboxylic acids is 1. The van der Waals surface area contributed by atoms with Gasteiger partial charge < -0.3 is 41.8 Å². The number of rotatable bonds is 14. The fraction of sp³-hybridized carbons (Fsp3) is 0.800. The number of carbonyl (C=O) groups is 4. The first-order valence-corrected chi connectivity index (χ1v) is 13.7. The van der Waals surface area contributed by atoms with Crippen molar-refractivity contribution < 1.29 is 33.6 Å². The van der Waals surface area contributed by atoms with Gasteiger partial charge in [-0.15, -0.1) is 0 Å². The Balaban J connectivity index is 1.57. The van der Waals surface area contributed by atoms with Crippen molar-refractivity contribution in [2.75, 3.05) is 19.6 Å². The molecule has 3 amide bonds. The lowest BCUT2D eigenvalue weighted by atomic mass is 9.68. The quantitative estimate of drug-likeness (QED) is 0.0728. The second-order valence-corrected chi connectivity index (χ2v) is 11.7. The molecule has 2 bridgehead atoms. The average molecular weight is 550 g/mol. The molecular formula is C25H43BN6O7. The lowest BCUT2D eigenvalue weighted by molar-refractivity contribution is -0.138. The second-order valence-electron chi connectivity index (χ2n) is 11.7. The van der Waals surface area contributed by atoms with Gasteiger partial charge in [0.2, 0.25) is 17.7 Å². The number of hydrogen-bond acceptors (Lipinski definition) is 7. The Bertz CT molecular complexity index is 975. The van der Waals surface area contributed by atoms with Crippen LogP contribution in [0.3, 0.4) is 0 Å². The maximum atomic E-state index is 12.6. The highest BCUT2D eigenvalue weighted by molar-refractivity contribution is 6.47. The highest BCUT2D eigenvalue weighted by Gasteiger charge is 2.70. The number of carbonyl (C=O) groups excluding carboxylic acids is 3. The molecule has 3 rings (SSSR count). The molecule has 0 aromatic heterocycles. The van der Waals surface area contributed by atoms with Gasteiger partial charge in [-0.1, -0.05) is 13.8 Å². The van der Waals surface area contributed by atoms with Gasteiger partial charge in [0.15, 0.2) is 5.96 Å². The molecule has 2 saturated carbocycles. The molecule has 6 atom stereocenters. The Kier molecular flexibility index (Phi) is 9.86. The van der Waals surface area contributed by atoms with Gasteiger partial charge in [0.05, 0.1) is 18.2 Å². The summed E-state index contributed by atoms with van der Waals surface area (Å²) in [7, 11) is -0.492. The fourth-order valence-electron chi connectivity index (χ4n) is 6.80. The van der Waals surface area contributed by atoms with E-state index in [1.54, 1.807) is 0 Å². The molecule has 2 aliphatic carbocycles. The van der Waals surface area contributed by atoms with Gasteiger partial charge in [0.25, 0.3) is 0 Å². The lowest BCUT2D eigenvalue weighted by Gasteiger charge is -2.35. The Morgan fingerprint density at radius 3 is 2.46 bits per heavy atom. The van der Waals surface area contributed by atoms with Crippen LogP contribution < -0.4 is 27.4 Å². The number of guanidine groups is 1. The van der Waals surface area contributed by atoms with Crippen LogP contribution in [0.25, 0.3) is 0 Å². The maximum Gasteiger partial charge on any atom is 0.462 e. The molecule has 14 heteroatoms. The highest BCUT2D eigenvalue weighted by atomic mass is 16.7. The van der Waals surface area contributed by atoms with Gasteiger partial charge in [-0.2, -0.15) is 0 Å². The molecule has 8 N–H and O–H groups in total. The number of nitrogens with two attached hydrogens (primary N) is 2. The first-order chi connectivity index (χ1) is 18.3. The minimum absolute atomic E-state index is 0.00274. The standard InChI is InChI=1S/C25H43BN6O7/c1-14(33)32-17(8-10-20(35)36)22(37)31-13-19(34)30-12-15(6-5-11-29-23(27)28)26-38-21-16-7-9-18(24(16,2)3)25(21,4)39-26/h15-18,21H,5-13H2,1-4H3,(H,30,34)(H,31,37)(H,32,33)(H,35,36)(H4,27,28,29)/t15-,16?,17+,18?,21?,25+/m1/s1. The lowest BCUT2D eigenvalue weighted by Crippen LogP contribution is -2.49. The Hall–Kier alpha value is -2.87. The van der Waals surface area contributed by atoms with E-state index in [-0.39, 0.29) is 54.8 Å².